The van der Waals surface area contributed by atoms with Gasteiger partial charge in [-0.1, -0.05) is 24.1 Å². The lowest BCUT2D eigenvalue weighted by atomic mass is 10.2. The molecule has 0 unspecified atom stereocenters. The number of nitrogens with two attached hydrogens (primary N) is 2. The monoisotopic (exact) mass is 285 g/mol. The van der Waals surface area contributed by atoms with E-state index in [0.29, 0.717) is 5.56 Å². The smallest absolute Gasteiger partial charge is 0.317 e. The van der Waals surface area contributed by atoms with Crippen LogP contribution in [0.25, 0.3) is 11.1 Å². The lowest BCUT2D eigenvalue weighted by Gasteiger charge is -2.00. The van der Waals surface area contributed by atoms with Gasteiger partial charge in [0.1, 0.15) is 5.00 Å². The summed E-state index contributed by atoms with van der Waals surface area (Å²) < 4.78 is 0. The molecule has 20 heavy (non-hydrogen) atoms. The van der Waals surface area contributed by atoms with E-state index in [-0.39, 0.29) is 10.6 Å². The van der Waals surface area contributed by atoms with E-state index in [9.17, 15) is 9.59 Å². The molecular formula is C14H11N3O2S. The molecule has 6 heteroatoms. The average molecular weight is 285 g/mol. The number of thiophene rings is 1. The van der Waals surface area contributed by atoms with Crippen LogP contribution in [-0.4, -0.2) is 11.9 Å². The molecular weight excluding hydrogens is 274 g/mol. The highest BCUT2D eigenvalue weighted by Crippen LogP contribution is 2.32. The molecule has 0 saturated heterocycles. The van der Waals surface area contributed by atoms with Gasteiger partial charge in [0, 0.05) is 10.9 Å². The molecule has 0 saturated carbocycles. The highest BCUT2D eigenvalue weighted by Gasteiger charge is 2.16. The van der Waals surface area contributed by atoms with E-state index < -0.39 is 11.9 Å². The van der Waals surface area contributed by atoms with Gasteiger partial charge in [-0.15, -0.1) is 17.8 Å². The maximum atomic E-state index is 11.0. The van der Waals surface area contributed by atoms with Gasteiger partial charge >= 0.3 is 6.03 Å². The molecule has 3 rings (SSSR count). The van der Waals surface area contributed by atoms with Crippen molar-refractivity contribution in [1.82, 2.24) is 0 Å². The van der Waals surface area contributed by atoms with Gasteiger partial charge in [-0.3, -0.25) is 10.1 Å². The SMILES string of the molecule is C#Cc1csc(NC(N)=O)c1C(N)=O.c1cc2cc-2c1. The fraction of sp³-hybridized carbons (Fsp3) is 0. The van der Waals surface area contributed by atoms with Crippen molar-refractivity contribution in [1.29, 1.82) is 0 Å². The Morgan fingerprint density at radius 3 is 2.25 bits per heavy atom. The first-order chi connectivity index (χ1) is 9.52. The van der Waals surface area contributed by atoms with Crippen molar-refractivity contribution in [3.8, 4) is 23.5 Å². The summed E-state index contributed by atoms with van der Waals surface area (Å²) in [6.45, 7) is 0. The molecule has 1 aromatic rings. The summed E-state index contributed by atoms with van der Waals surface area (Å²) in [5.41, 5.74) is 13.3. The molecule has 1 aromatic heterocycles. The van der Waals surface area contributed by atoms with E-state index in [0.717, 1.165) is 11.3 Å². The van der Waals surface area contributed by atoms with Crippen molar-refractivity contribution < 1.29 is 9.59 Å². The summed E-state index contributed by atoms with van der Waals surface area (Å²) in [5, 5.41) is 4.09. The van der Waals surface area contributed by atoms with E-state index in [1.54, 1.807) is 5.38 Å². The van der Waals surface area contributed by atoms with Crippen LogP contribution in [0.2, 0.25) is 0 Å². The number of terminal acetylenes is 1. The van der Waals surface area contributed by atoms with Gasteiger partial charge < -0.3 is 11.5 Å². The minimum atomic E-state index is -0.766. The lowest BCUT2D eigenvalue weighted by molar-refractivity contribution is 0.100. The third-order valence-corrected chi connectivity index (χ3v) is 3.44. The molecule has 100 valence electrons. The number of primary amides is 2. The number of amides is 3. The predicted octanol–water partition coefficient (Wildman–Crippen LogP) is 1.99. The third kappa shape index (κ3) is 2.96. The van der Waals surface area contributed by atoms with Crippen molar-refractivity contribution in [3.05, 3.63) is 40.8 Å². The molecule has 2 aliphatic carbocycles. The third-order valence-electron chi connectivity index (χ3n) is 2.54. The fourth-order valence-corrected chi connectivity index (χ4v) is 2.50. The molecule has 5 nitrogen and oxygen atoms in total. The topological polar surface area (TPSA) is 98.2 Å². The van der Waals surface area contributed by atoms with Crippen molar-refractivity contribution in [2.45, 2.75) is 0 Å². The van der Waals surface area contributed by atoms with Crippen LogP contribution in [0.1, 0.15) is 15.9 Å². The summed E-state index contributed by atoms with van der Waals surface area (Å²) >= 11 is 1.10. The molecule has 0 radical (unpaired) electrons. The van der Waals surface area contributed by atoms with Crippen molar-refractivity contribution >= 4 is 28.3 Å². The van der Waals surface area contributed by atoms with Crippen molar-refractivity contribution in [2.24, 2.45) is 11.5 Å². The Balaban J connectivity index is 0.000000198. The maximum Gasteiger partial charge on any atom is 0.317 e. The van der Waals surface area contributed by atoms with Crippen molar-refractivity contribution in [3.63, 3.8) is 0 Å². The molecule has 5 N–H and O–H groups in total. The Kier molecular flexibility index (Phi) is 3.73. The van der Waals surface area contributed by atoms with E-state index in [2.05, 4.69) is 35.5 Å². The van der Waals surface area contributed by atoms with Crippen molar-refractivity contribution in [2.75, 3.05) is 5.32 Å². The standard InChI is InChI=1S/C8H7N3O2S.C6H4/c1-2-4-3-14-7(11-8(10)13)5(4)6(9)12;1-2-5-4-6(5)3-1/h1,3H,(H2,9,12)(H3,10,11,13);1-4H. The van der Waals surface area contributed by atoms with E-state index in [1.807, 2.05) is 0 Å². The van der Waals surface area contributed by atoms with E-state index in [4.69, 9.17) is 17.9 Å². The average Bonchev–Trinajstić information content (AvgIpc) is 2.83. The van der Waals surface area contributed by atoms with Crippen LogP contribution >= 0.6 is 11.3 Å². The Morgan fingerprint density at radius 2 is 1.90 bits per heavy atom. The zero-order valence-corrected chi connectivity index (χ0v) is 11.2. The highest BCUT2D eigenvalue weighted by atomic mass is 32.1. The number of benzene rings is 1. The number of hydrogen-bond acceptors (Lipinski definition) is 3. The van der Waals surface area contributed by atoms with Gasteiger partial charge in [0.2, 0.25) is 0 Å². The number of nitrogens with one attached hydrogen (secondary N) is 1. The van der Waals surface area contributed by atoms with Crippen LogP contribution in [0.15, 0.2) is 29.6 Å². The van der Waals surface area contributed by atoms with Crippen LogP contribution in [0.4, 0.5) is 9.80 Å². The Morgan fingerprint density at radius 1 is 1.25 bits per heavy atom. The van der Waals surface area contributed by atoms with Gasteiger partial charge in [-0.2, -0.15) is 0 Å². The van der Waals surface area contributed by atoms with E-state index >= 15 is 0 Å². The molecule has 0 aromatic carbocycles. The lowest BCUT2D eigenvalue weighted by Crippen LogP contribution is -2.21. The number of carbonyl (C=O) groups is 2. The normalized spacial score (nSPS) is 9.75. The van der Waals surface area contributed by atoms with Gasteiger partial charge in [-0.25, -0.2) is 4.79 Å². The minimum absolute atomic E-state index is 0.122. The Hall–Kier alpha value is -2.78. The second kappa shape index (κ2) is 5.47. The largest absolute Gasteiger partial charge is 0.365 e. The molecule has 0 fully saturated rings. The Labute approximate surface area is 119 Å². The van der Waals surface area contributed by atoms with Crippen LogP contribution in [0, 0.1) is 12.3 Å². The molecule has 2 aliphatic rings. The van der Waals surface area contributed by atoms with Gasteiger partial charge in [-0.05, 0) is 17.2 Å². The molecule has 0 bridgehead atoms. The first kappa shape index (κ1) is 13.6. The summed E-state index contributed by atoms with van der Waals surface area (Å²) in [5.74, 6) is 1.60. The summed E-state index contributed by atoms with van der Waals surface area (Å²) in [7, 11) is 0. The van der Waals surface area contributed by atoms with Gasteiger partial charge in [0.15, 0.2) is 0 Å². The van der Waals surface area contributed by atoms with Gasteiger partial charge in [0.05, 0.1) is 5.56 Å². The van der Waals surface area contributed by atoms with Crippen LogP contribution < -0.4 is 16.8 Å². The quantitative estimate of drug-likeness (QED) is 0.627. The number of hydrogen-bond donors (Lipinski definition) is 3. The summed E-state index contributed by atoms with van der Waals surface area (Å²) in [6.07, 6.45) is 5.14. The zero-order valence-electron chi connectivity index (χ0n) is 10.3. The number of carbonyl (C=O) groups excluding carboxylic acids is 2. The molecule has 0 spiro atoms. The maximum absolute atomic E-state index is 11.0. The van der Waals surface area contributed by atoms with E-state index in [1.165, 1.54) is 11.1 Å². The first-order valence-corrected chi connectivity index (χ1v) is 6.45. The number of urea groups is 1. The molecule has 3 amide bonds. The van der Waals surface area contributed by atoms with Crippen LogP contribution in [0.5, 0.6) is 0 Å². The summed E-state index contributed by atoms with van der Waals surface area (Å²) in [6, 6.07) is 7.72. The molecule has 0 atom stereocenters. The predicted molar refractivity (Wildman–Crippen MR) is 79.4 cm³/mol. The highest BCUT2D eigenvalue weighted by molar-refractivity contribution is 7.15. The molecule has 0 aliphatic heterocycles. The number of fused-ring (bicyclic) bond motifs is 1. The van der Waals surface area contributed by atoms with Gasteiger partial charge in [0.25, 0.3) is 5.91 Å². The zero-order chi connectivity index (χ0) is 14.7. The fourth-order valence-electron chi connectivity index (χ4n) is 1.59. The van der Waals surface area contributed by atoms with Crippen LogP contribution in [0.3, 0.4) is 0 Å². The summed E-state index contributed by atoms with van der Waals surface area (Å²) in [4.78, 5) is 21.5. The second-order valence-electron chi connectivity index (χ2n) is 3.93. The number of rotatable bonds is 2. The van der Waals surface area contributed by atoms with Crippen LogP contribution in [-0.2, 0) is 0 Å². The Bertz CT molecular complexity index is 711. The first-order valence-electron chi connectivity index (χ1n) is 5.57. The minimum Gasteiger partial charge on any atom is -0.365 e. The second-order valence-corrected chi connectivity index (χ2v) is 4.81. The number of anilines is 1. The molecule has 1 heterocycles.